The van der Waals surface area contributed by atoms with Crippen molar-refractivity contribution in [3.63, 3.8) is 0 Å². The third kappa shape index (κ3) is 3.34. The summed E-state index contributed by atoms with van der Waals surface area (Å²) in [6.45, 7) is 0.299. The van der Waals surface area contributed by atoms with Crippen LogP contribution in [-0.2, 0) is 13.0 Å². The largest absolute Gasteiger partial charge is 0.489 e. The van der Waals surface area contributed by atoms with E-state index >= 15 is 0 Å². The van der Waals surface area contributed by atoms with E-state index in [0.717, 1.165) is 11.1 Å². The Bertz CT molecular complexity index is 635. The van der Waals surface area contributed by atoms with E-state index in [2.05, 4.69) is 0 Å². The van der Waals surface area contributed by atoms with Gasteiger partial charge in [-0.05, 0) is 35.7 Å². The van der Waals surface area contributed by atoms with Crippen molar-refractivity contribution in [3.8, 4) is 11.8 Å². The van der Waals surface area contributed by atoms with E-state index in [1.54, 1.807) is 12.1 Å². The summed E-state index contributed by atoms with van der Waals surface area (Å²) in [4.78, 5) is 0. The van der Waals surface area contributed by atoms with E-state index in [9.17, 15) is 4.39 Å². The quantitative estimate of drug-likeness (QED) is 0.909. The Labute approximate surface area is 116 Å². The number of halogens is 1. The zero-order chi connectivity index (χ0) is 14.4. The first-order chi connectivity index (χ1) is 9.74. The van der Waals surface area contributed by atoms with Gasteiger partial charge in [-0.2, -0.15) is 5.26 Å². The van der Waals surface area contributed by atoms with E-state index in [-0.39, 0.29) is 18.8 Å². The van der Waals surface area contributed by atoms with Crippen LogP contribution in [0.5, 0.6) is 5.75 Å². The maximum atomic E-state index is 13.2. The molecule has 0 spiro atoms. The number of rotatable bonds is 5. The van der Waals surface area contributed by atoms with Crippen molar-refractivity contribution >= 4 is 0 Å². The molecule has 0 fully saturated rings. The molecule has 0 unspecified atom stereocenters. The molecule has 20 heavy (non-hydrogen) atoms. The molecule has 0 aliphatic rings. The predicted molar refractivity (Wildman–Crippen MR) is 72.7 cm³/mol. The van der Waals surface area contributed by atoms with Gasteiger partial charge in [-0.15, -0.1) is 0 Å². The smallest absolute Gasteiger partial charge is 0.140 e. The van der Waals surface area contributed by atoms with Crippen LogP contribution in [0.25, 0.3) is 0 Å². The molecule has 3 nitrogen and oxygen atoms in total. The highest BCUT2D eigenvalue weighted by molar-refractivity contribution is 5.36. The van der Waals surface area contributed by atoms with Crippen molar-refractivity contribution in [2.75, 3.05) is 6.61 Å². The number of aliphatic hydroxyl groups excluding tert-OH is 1. The molecule has 0 aliphatic heterocycles. The van der Waals surface area contributed by atoms with Crippen molar-refractivity contribution in [1.82, 2.24) is 0 Å². The van der Waals surface area contributed by atoms with Crippen LogP contribution in [0.4, 0.5) is 4.39 Å². The fourth-order valence-electron chi connectivity index (χ4n) is 1.88. The number of benzene rings is 2. The van der Waals surface area contributed by atoms with Gasteiger partial charge in [0.1, 0.15) is 24.2 Å². The lowest BCUT2D eigenvalue weighted by Crippen LogP contribution is -2.01. The fourth-order valence-corrected chi connectivity index (χ4v) is 1.88. The van der Waals surface area contributed by atoms with Gasteiger partial charge in [0.15, 0.2) is 0 Å². The molecule has 4 heteroatoms. The highest BCUT2D eigenvalue weighted by atomic mass is 19.1. The number of para-hydroxylation sites is 1. The molecule has 0 amide bonds. The molecule has 0 aromatic heterocycles. The van der Waals surface area contributed by atoms with Gasteiger partial charge in [0.05, 0.1) is 5.56 Å². The summed E-state index contributed by atoms with van der Waals surface area (Å²) < 4.78 is 18.9. The summed E-state index contributed by atoms with van der Waals surface area (Å²) in [6, 6.07) is 13.6. The van der Waals surface area contributed by atoms with E-state index in [4.69, 9.17) is 15.1 Å². The van der Waals surface area contributed by atoms with E-state index in [1.165, 1.54) is 12.1 Å². The second-order valence-corrected chi connectivity index (χ2v) is 4.30. The van der Waals surface area contributed by atoms with Gasteiger partial charge in [-0.25, -0.2) is 4.39 Å². The van der Waals surface area contributed by atoms with Gasteiger partial charge in [-0.3, -0.25) is 0 Å². The van der Waals surface area contributed by atoms with Gasteiger partial charge >= 0.3 is 0 Å². The monoisotopic (exact) mass is 271 g/mol. The van der Waals surface area contributed by atoms with Crippen LogP contribution in [0, 0.1) is 17.1 Å². The molecule has 2 aromatic rings. The number of nitrogens with zero attached hydrogens (tertiary/aromatic N) is 1. The summed E-state index contributed by atoms with van der Waals surface area (Å²) in [6.07, 6.45) is 0.517. The van der Waals surface area contributed by atoms with Crippen LogP contribution < -0.4 is 4.74 Å². The van der Waals surface area contributed by atoms with Crippen LogP contribution in [-0.4, -0.2) is 11.7 Å². The average Bonchev–Trinajstić information content (AvgIpc) is 2.48. The third-order valence-corrected chi connectivity index (χ3v) is 2.90. The van der Waals surface area contributed by atoms with Gasteiger partial charge < -0.3 is 9.84 Å². The number of aliphatic hydroxyl groups is 1. The molecule has 0 atom stereocenters. The third-order valence-electron chi connectivity index (χ3n) is 2.90. The molecular weight excluding hydrogens is 257 g/mol. The topological polar surface area (TPSA) is 53.2 Å². The lowest BCUT2D eigenvalue weighted by atomic mass is 10.1. The lowest BCUT2D eigenvalue weighted by molar-refractivity contribution is 0.284. The molecule has 102 valence electrons. The Balaban J connectivity index is 2.11. The van der Waals surface area contributed by atoms with Gasteiger partial charge in [0.2, 0.25) is 0 Å². The van der Waals surface area contributed by atoms with Crippen molar-refractivity contribution in [2.24, 2.45) is 0 Å². The van der Waals surface area contributed by atoms with Crippen LogP contribution in [0.1, 0.15) is 16.7 Å². The Morgan fingerprint density at radius 3 is 2.75 bits per heavy atom. The molecule has 2 rings (SSSR count). The highest BCUT2D eigenvalue weighted by Crippen LogP contribution is 2.20. The average molecular weight is 271 g/mol. The van der Waals surface area contributed by atoms with Gasteiger partial charge in [0, 0.05) is 6.61 Å². The molecule has 1 N–H and O–H groups in total. The van der Waals surface area contributed by atoms with Crippen molar-refractivity contribution in [1.29, 1.82) is 5.26 Å². The molecule has 0 saturated heterocycles. The first-order valence-electron chi connectivity index (χ1n) is 6.24. The zero-order valence-corrected chi connectivity index (χ0v) is 10.8. The van der Waals surface area contributed by atoms with Crippen LogP contribution in [0.15, 0.2) is 42.5 Å². The highest BCUT2D eigenvalue weighted by Gasteiger charge is 2.05. The second kappa shape index (κ2) is 6.69. The Morgan fingerprint density at radius 2 is 2.00 bits per heavy atom. The van der Waals surface area contributed by atoms with Crippen LogP contribution in [0.2, 0.25) is 0 Å². The number of ether oxygens (including phenoxy) is 1. The number of hydrogen-bond donors (Lipinski definition) is 1. The molecule has 0 aliphatic carbocycles. The summed E-state index contributed by atoms with van der Waals surface area (Å²) >= 11 is 0. The minimum Gasteiger partial charge on any atom is -0.489 e. The lowest BCUT2D eigenvalue weighted by Gasteiger charge is -2.11. The van der Waals surface area contributed by atoms with Crippen molar-refractivity contribution in [2.45, 2.75) is 13.0 Å². The minimum absolute atomic E-state index is 0.00902. The van der Waals surface area contributed by atoms with Gasteiger partial charge in [0.25, 0.3) is 0 Å². The maximum absolute atomic E-state index is 13.2. The SMILES string of the molecule is N#Cc1cc(COc2ccccc2CCO)ccc1F. The first kappa shape index (κ1) is 14.0. The molecule has 0 saturated carbocycles. The predicted octanol–water partition coefficient (Wildman–Crippen LogP) is 2.81. The molecule has 0 radical (unpaired) electrons. The Morgan fingerprint density at radius 1 is 1.20 bits per heavy atom. The Hall–Kier alpha value is -2.38. The van der Waals surface area contributed by atoms with Crippen molar-refractivity contribution < 1.29 is 14.2 Å². The van der Waals surface area contributed by atoms with Gasteiger partial charge in [-0.1, -0.05) is 24.3 Å². The van der Waals surface area contributed by atoms with Crippen molar-refractivity contribution in [3.05, 3.63) is 65.0 Å². The summed E-state index contributed by atoms with van der Waals surface area (Å²) in [5.41, 5.74) is 1.65. The number of hydrogen-bond acceptors (Lipinski definition) is 3. The van der Waals surface area contributed by atoms with Crippen LogP contribution >= 0.6 is 0 Å². The second-order valence-electron chi connectivity index (χ2n) is 4.30. The zero-order valence-electron chi connectivity index (χ0n) is 10.8. The van der Waals surface area contributed by atoms with Crippen LogP contribution in [0.3, 0.4) is 0 Å². The first-order valence-corrected chi connectivity index (χ1v) is 6.24. The summed E-state index contributed by atoms with van der Waals surface area (Å²) in [5.74, 6) is 0.154. The molecule has 0 bridgehead atoms. The number of nitriles is 1. The molecule has 2 aromatic carbocycles. The minimum atomic E-state index is -0.531. The van der Waals surface area contributed by atoms with E-state index in [0.29, 0.717) is 12.2 Å². The van der Waals surface area contributed by atoms with E-state index < -0.39 is 5.82 Å². The standard InChI is InChI=1S/C16H14FNO2/c17-15-6-5-12(9-14(15)10-18)11-20-16-4-2-1-3-13(16)7-8-19/h1-6,9,19H,7-8,11H2. The summed E-state index contributed by atoms with van der Waals surface area (Å²) in [5, 5.41) is 17.8. The normalized spacial score (nSPS) is 10.1. The van der Waals surface area contributed by atoms with E-state index in [1.807, 2.05) is 24.3 Å². The maximum Gasteiger partial charge on any atom is 0.140 e. The Kier molecular flexibility index (Phi) is 4.70. The molecular formula is C16H14FNO2. The fraction of sp³-hybridized carbons (Fsp3) is 0.188. The molecule has 0 heterocycles. The summed E-state index contributed by atoms with van der Waals surface area (Å²) in [7, 11) is 0.